The summed E-state index contributed by atoms with van der Waals surface area (Å²) < 4.78 is 0. The maximum Gasteiger partial charge on any atom is 0.134 e. The number of phenols is 1. The number of phenolic OH excluding ortho intramolecular Hbond substituents is 1. The van der Waals surface area contributed by atoms with Crippen molar-refractivity contribution in [3.8, 4) is 5.75 Å². The Balaban J connectivity index is 2.97. The molecule has 0 saturated heterocycles. The first-order valence-electron chi connectivity index (χ1n) is 3.94. The summed E-state index contributed by atoms with van der Waals surface area (Å²) in [6.07, 6.45) is -0.652. The van der Waals surface area contributed by atoms with Gasteiger partial charge < -0.3 is 15.9 Å². The molecule has 0 aromatic heterocycles. The van der Waals surface area contributed by atoms with Crippen LogP contribution in [0.5, 0.6) is 5.75 Å². The van der Waals surface area contributed by atoms with Crippen molar-refractivity contribution in [3.63, 3.8) is 0 Å². The van der Waals surface area contributed by atoms with Crippen LogP contribution in [0, 0.1) is 0 Å². The molecule has 4 N–H and O–H groups in total. The molecular formula is C9H12ClNO2. The molecule has 1 aromatic rings. The van der Waals surface area contributed by atoms with Crippen molar-refractivity contribution < 1.29 is 10.2 Å². The molecule has 13 heavy (non-hydrogen) atoms. The SMILES string of the molecule is C[C@@H](O)[C@@H](N)c1ccc(Cl)c(O)c1. The second-order valence-electron chi connectivity index (χ2n) is 2.98. The molecular weight excluding hydrogens is 190 g/mol. The molecule has 0 radical (unpaired) electrons. The van der Waals surface area contributed by atoms with Gasteiger partial charge in [0.15, 0.2) is 0 Å². The zero-order valence-electron chi connectivity index (χ0n) is 7.24. The van der Waals surface area contributed by atoms with Crippen LogP contribution in [0.2, 0.25) is 5.02 Å². The summed E-state index contributed by atoms with van der Waals surface area (Å²) in [5.41, 5.74) is 6.32. The molecule has 3 nitrogen and oxygen atoms in total. The van der Waals surface area contributed by atoms with Crippen LogP contribution in [0.4, 0.5) is 0 Å². The number of aliphatic hydroxyl groups excluding tert-OH is 1. The van der Waals surface area contributed by atoms with E-state index in [4.69, 9.17) is 17.3 Å². The first kappa shape index (κ1) is 10.3. The van der Waals surface area contributed by atoms with E-state index in [0.717, 1.165) is 0 Å². The van der Waals surface area contributed by atoms with E-state index in [1.54, 1.807) is 19.1 Å². The summed E-state index contributed by atoms with van der Waals surface area (Å²) in [6.45, 7) is 1.59. The van der Waals surface area contributed by atoms with E-state index in [1.807, 2.05) is 0 Å². The summed E-state index contributed by atoms with van der Waals surface area (Å²) in [4.78, 5) is 0. The van der Waals surface area contributed by atoms with Crippen LogP contribution in [0.25, 0.3) is 0 Å². The first-order chi connectivity index (χ1) is 6.02. The van der Waals surface area contributed by atoms with Gasteiger partial charge in [0.25, 0.3) is 0 Å². The number of benzene rings is 1. The van der Waals surface area contributed by atoms with Crippen LogP contribution in [0.1, 0.15) is 18.5 Å². The largest absolute Gasteiger partial charge is 0.506 e. The Kier molecular flexibility index (Phi) is 3.14. The third kappa shape index (κ3) is 2.34. The van der Waals surface area contributed by atoms with Crippen LogP contribution in [-0.4, -0.2) is 16.3 Å². The van der Waals surface area contributed by atoms with Gasteiger partial charge in [0.05, 0.1) is 17.2 Å². The Hall–Kier alpha value is -0.770. The Bertz CT molecular complexity index is 302. The van der Waals surface area contributed by atoms with E-state index >= 15 is 0 Å². The fraction of sp³-hybridized carbons (Fsp3) is 0.333. The highest BCUT2D eigenvalue weighted by Crippen LogP contribution is 2.26. The minimum absolute atomic E-state index is 0.0183. The van der Waals surface area contributed by atoms with Crippen molar-refractivity contribution in [2.75, 3.05) is 0 Å². The molecule has 0 aliphatic heterocycles. The molecule has 0 amide bonds. The van der Waals surface area contributed by atoms with Crippen LogP contribution >= 0.6 is 11.6 Å². The zero-order valence-corrected chi connectivity index (χ0v) is 7.99. The Morgan fingerprint density at radius 2 is 2.08 bits per heavy atom. The van der Waals surface area contributed by atoms with E-state index in [1.165, 1.54) is 6.07 Å². The molecule has 0 spiro atoms. The van der Waals surface area contributed by atoms with Gasteiger partial charge in [-0.3, -0.25) is 0 Å². The lowest BCUT2D eigenvalue weighted by molar-refractivity contribution is 0.164. The Morgan fingerprint density at radius 3 is 2.54 bits per heavy atom. The van der Waals surface area contributed by atoms with Gasteiger partial charge in [-0.1, -0.05) is 17.7 Å². The molecule has 72 valence electrons. The third-order valence-electron chi connectivity index (χ3n) is 1.87. The van der Waals surface area contributed by atoms with Gasteiger partial charge in [0, 0.05) is 0 Å². The maximum absolute atomic E-state index is 9.26. The Labute approximate surface area is 81.8 Å². The number of aliphatic hydroxyl groups is 1. The van der Waals surface area contributed by atoms with E-state index < -0.39 is 12.1 Å². The van der Waals surface area contributed by atoms with Crippen molar-refractivity contribution >= 4 is 11.6 Å². The summed E-state index contributed by atoms with van der Waals surface area (Å²) in [6, 6.07) is 4.19. The molecule has 0 unspecified atom stereocenters. The van der Waals surface area contributed by atoms with Gasteiger partial charge in [0.2, 0.25) is 0 Å². The molecule has 1 rings (SSSR count). The minimum Gasteiger partial charge on any atom is -0.506 e. The van der Waals surface area contributed by atoms with E-state index in [0.29, 0.717) is 5.56 Å². The summed E-state index contributed by atoms with van der Waals surface area (Å²) in [5.74, 6) is -0.0183. The lowest BCUT2D eigenvalue weighted by Gasteiger charge is -2.15. The normalized spacial score (nSPS) is 15.4. The predicted molar refractivity (Wildman–Crippen MR) is 51.7 cm³/mol. The van der Waals surface area contributed by atoms with Crippen molar-refractivity contribution in [2.24, 2.45) is 5.73 Å². The van der Waals surface area contributed by atoms with Crippen LogP contribution in [0.15, 0.2) is 18.2 Å². The topological polar surface area (TPSA) is 66.5 Å². The van der Waals surface area contributed by atoms with Gasteiger partial charge in [-0.2, -0.15) is 0 Å². The highest BCUT2D eigenvalue weighted by Gasteiger charge is 2.12. The average molecular weight is 202 g/mol. The standard InChI is InChI=1S/C9H12ClNO2/c1-5(12)9(11)6-2-3-7(10)8(13)4-6/h2-5,9,12-13H,11H2,1H3/t5-,9-/m1/s1. The van der Waals surface area contributed by atoms with Gasteiger partial charge in [-0.25, -0.2) is 0 Å². The van der Waals surface area contributed by atoms with Gasteiger partial charge in [0.1, 0.15) is 5.75 Å². The predicted octanol–water partition coefficient (Wildman–Crippen LogP) is 1.43. The van der Waals surface area contributed by atoms with Crippen molar-refractivity contribution in [1.29, 1.82) is 0 Å². The highest BCUT2D eigenvalue weighted by molar-refractivity contribution is 6.32. The van der Waals surface area contributed by atoms with E-state index in [-0.39, 0.29) is 10.8 Å². The molecule has 0 saturated carbocycles. The fourth-order valence-corrected chi connectivity index (χ4v) is 1.13. The second-order valence-corrected chi connectivity index (χ2v) is 3.38. The number of nitrogens with two attached hydrogens (primary N) is 1. The Morgan fingerprint density at radius 1 is 1.46 bits per heavy atom. The molecule has 4 heteroatoms. The van der Waals surface area contributed by atoms with Gasteiger partial charge >= 0.3 is 0 Å². The summed E-state index contributed by atoms with van der Waals surface area (Å²) >= 11 is 5.61. The molecule has 0 aliphatic carbocycles. The number of aromatic hydroxyl groups is 1. The van der Waals surface area contributed by atoms with E-state index in [2.05, 4.69) is 0 Å². The summed E-state index contributed by atoms with van der Waals surface area (Å²) in [7, 11) is 0. The van der Waals surface area contributed by atoms with Crippen molar-refractivity contribution in [1.82, 2.24) is 0 Å². The third-order valence-corrected chi connectivity index (χ3v) is 2.19. The van der Waals surface area contributed by atoms with Crippen LogP contribution < -0.4 is 5.73 Å². The number of hydrogen-bond acceptors (Lipinski definition) is 3. The molecule has 0 heterocycles. The number of hydrogen-bond donors (Lipinski definition) is 3. The molecule has 1 aromatic carbocycles. The van der Waals surface area contributed by atoms with Gasteiger partial charge in [-0.15, -0.1) is 0 Å². The van der Waals surface area contributed by atoms with E-state index in [9.17, 15) is 10.2 Å². The van der Waals surface area contributed by atoms with Crippen LogP contribution in [-0.2, 0) is 0 Å². The maximum atomic E-state index is 9.26. The molecule has 2 atom stereocenters. The van der Waals surface area contributed by atoms with Gasteiger partial charge in [-0.05, 0) is 24.6 Å². The number of rotatable bonds is 2. The second kappa shape index (κ2) is 3.96. The monoisotopic (exact) mass is 201 g/mol. The summed E-state index contributed by atoms with van der Waals surface area (Å²) in [5, 5.41) is 18.7. The van der Waals surface area contributed by atoms with Crippen molar-refractivity contribution in [2.45, 2.75) is 19.1 Å². The first-order valence-corrected chi connectivity index (χ1v) is 4.32. The van der Waals surface area contributed by atoms with Crippen LogP contribution in [0.3, 0.4) is 0 Å². The smallest absolute Gasteiger partial charge is 0.134 e. The average Bonchev–Trinajstić information content (AvgIpc) is 2.08. The lowest BCUT2D eigenvalue weighted by atomic mass is 10.0. The van der Waals surface area contributed by atoms with Crippen molar-refractivity contribution in [3.05, 3.63) is 28.8 Å². The quantitative estimate of drug-likeness (QED) is 0.678. The zero-order chi connectivity index (χ0) is 10.0. The lowest BCUT2D eigenvalue weighted by Crippen LogP contribution is -2.22. The number of halogens is 1. The minimum atomic E-state index is -0.652. The highest BCUT2D eigenvalue weighted by atomic mass is 35.5. The molecule has 0 fully saturated rings. The molecule has 0 bridgehead atoms. The fourth-order valence-electron chi connectivity index (χ4n) is 1.02. The molecule has 0 aliphatic rings.